The predicted molar refractivity (Wildman–Crippen MR) is 129 cm³/mol. The highest BCUT2D eigenvalue weighted by molar-refractivity contribution is 7.17. The second-order valence-electron chi connectivity index (χ2n) is 9.72. The van der Waals surface area contributed by atoms with E-state index >= 15 is 0 Å². The zero-order valence-corrected chi connectivity index (χ0v) is 21.8. The average molecular weight is 588 g/mol. The van der Waals surface area contributed by atoms with Crippen LogP contribution in [0.15, 0.2) is 12.3 Å². The fourth-order valence-electron chi connectivity index (χ4n) is 3.74. The summed E-state index contributed by atoms with van der Waals surface area (Å²) >= 11 is 0.669. The summed E-state index contributed by atoms with van der Waals surface area (Å²) in [6.45, 7) is 2.15. The molecule has 1 aliphatic heterocycles. The maximum absolute atomic E-state index is 13.8. The third-order valence-electron chi connectivity index (χ3n) is 5.73. The number of piperidine rings is 1. The first-order chi connectivity index (χ1) is 17.9. The van der Waals surface area contributed by atoms with Gasteiger partial charge in [-0.3, -0.25) is 9.69 Å². The molecule has 16 heteroatoms. The molecule has 1 fully saturated rings. The van der Waals surface area contributed by atoms with Crippen LogP contribution in [0.5, 0.6) is 0 Å². The maximum Gasteiger partial charge on any atom is 0.419 e. The van der Waals surface area contributed by atoms with E-state index in [1.807, 2.05) is 0 Å². The summed E-state index contributed by atoms with van der Waals surface area (Å²) in [5, 5.41) is 25.2. The molecule has 3 heterocycles. The number of likely N-dealkylation sites (tertiary alicyclic amines) is 1. The van der Waals surface area contributed by atoms with E-state index in [1.165, 1.54) is 18.7 Å². The third kappa shape index (κ3) is 8.71. The van der Waals surface area contributed by atoms with Crippen LogP contribution in [0.25, 0.3) is 10.4 Å². The highest BCUT2D eigenvalue weighted by Gasteiger charge is 2.37. The van der Waals surface area contributed by atoms with Crippen molar-refractivity contribution in [2.75, 3.05) is 31.5 Å². The number of carbonyl (C=O) groups is 1. The number of pyridine rings is 1. The smallest absolute Gasteiger partial charge is 0.389 e. The van der Waals surface area contributed by atoms with Crippen LogP contribution in [-0.2, 0) is 6.18 Å². The van der Waals surface area contributed by atoms with Crippen molar-refractivity contribution in [3.05, 3.63) is 28.5 Å². The molecular formula is C23H28F7N5O3S. The zero-order chi connectivity index (χ0) is 29.2. The number of aliphatic hydroxyl groups excluding tert-OH is 1. The molecule has 218 valence electrons. The minimum Gasteiger partial charge on any atom is -0.389 e. The number of thiazole rings is 1. The van der Waals surface area contributed by atoms with Crippen LogP contribution >= 0.6 is 11.3 Å². The molecular weight excluding hydrogens is 559 g/mol. The molecule has 39 heavy (non-hydrogen) atoms. The molecule has 1 amide bonds. The lowest BCUT2D eigenvalue weighted by Crippen LogP contribution is -2.38. The minimum absolute atomic E-state index is 0.0295. The highest BCUT2D eigenvalue weighted by Crippen LogP contribution is 2.41. The highest BCUT2D eigenvalue weighted by atomic mass is 32.1. The van der Waals surface area contributed by atoms with E-state index in [0.29, 0.717) is 17.4 Å². The van der Waals surface area contributed by atoms with E-state index in [9.17, 15) is 45.7 Å². The second-order valence-corrected chi connectivity index (χ2v) is 10.7. The number of hydrogen-bond acceptors (Lipinski definition) is 8. The molecule has 1 aliphatic rings. The largest absolute Gasteiger partial charge is 0.419 e. The Hall–Kier alpha value is -2.56. The normalized spacial score (nSPS) is 16.8. The van der Waals surface area contributed by atoms with Gasteiger partial charge in [-0.25, -0.2) is 14.4 Å². The van der Waals surface area contributed by atoms with Crippen LogP contribution in [0, 0.1) is 0 Å². The molecule has 8 nitrogen and oxygen atoms in total. The molecule has 2 aromatic rings. The Kier molecular flexibility index (Phi) is 9.45. The van der Waals surface area contributed by atoms with Gasteiger partial charge < -0.3 is 20.8 Å². The van der Waals surface area contributed by atoms with Gasteiger partial charge in [-0.15, -0.1) is 11.3 Å². The fraction of sp³-hybridized carbons (Fsp3) is 0.609. The summed E-state index contributed by atoms with van der Waals surface area (Å²) in [5.74, 6) is -1.56. The predicted octanol–water partition coefficient (Wildman–Crippen LogP) is 4.51. The number of amides is 1. The lowest BCUT2D eigenvalue weighted by molar-refractivity contribution is -0.137. The Morgan fingerprint density at radius 2 is 1.85 bits per heavy atom. The Morgan fingerprint density at radius 3 is 2.41 bits per heavy atom. The molecule has 1 unspecified atom stereocenters. The zero-order valence-electron chi connectivity index (χ0n) is 21.0. The molecule has 2 aromatic heterocycles. The number of carbonyl (C=O) groups excluding carboxylic acids is 1. The molecule has 0 saturated carbocycles. The van der Waals surface area contributed by atoms with Crippen molar-refractivity contribution in [1.29, 1.82) is 0 Å². The molecule has 0 aliphatic carbocycles. The Labute approximate surface area is 223 Å². The van der Waals surface area contributed by atoms with Gasteiger partial charge in [0.25, 0.3) is 5.91 Å². The fourth-order valence-corrected chi connectivity index (χ4v) is 4.72. The van der Waals surface area contributed by atoms with Crippen molar-refractivity contribution < 1.29 is 45.7 Å². The quantitative estimate of drug-likeness (QED) is 0.320. The molecule has 3 rings (SSSR count). The van der Waals surface area contributed by atoms with Gasteiger partial charge in [-0.05, 0) is 32.8 Å². The molecule has 0 radical (unpaired) electrons. The summed E-state index contributed by atoms with van der Waals surface area (Å²) in [7, 11) is 0. The third-order valence-corrected chi connectivity index (χ3v) is 6.85. The summed E-state index contributed by atoms with van der Waals surface area (Å²) < 4.78 is 92.6. The van der Waals surface area contributed by atoms with Gasteiger partial charge in [0.2, 0.25) is 0 Å². The van der Waals surface area contributed by atoms with Gasteiger partial charge in [-0.1, -0.05) is 0 Å². The minimum atomic E-state index is -5.00. The van der Waals surface area contributed by atoms with Crippen molar-refractivity contribution in [2.24, 2.45) is 0 Å². The number of aromatic nitrogens is 2. The van der Waals surface area contributed by atoms with Crippen LogP contribution in [-0.4, -0.2) is 75.1 Å². The van der Waals surface area contributed by atoms with Crippen molar-refractivity contribution >= 4 is 23.1 Å². The van der Waals surface area contributed by atoms with Gasteiger partial charge in [0.05, 0.1) is 22.5 Å². The Morgan fingerprint density at radius 1 is 1.21 bits per heavy atom. The van der Waals surface area contributed by atoms with Gasteiger partial charge in [0, 0.05) is 37.9 Å². The van der Waals surface area contributed by atoms with E-state index in [-0.39, 0.29) is 53.6 Å². The average Bonchev–Trinajstić information content (AvgIpc) is 3.26. The first kappa shape index (κ1) is 31.0. The van der Waals surface area contributed by atoms with Crippen molar-refractivity contribution in [3.63, 3.8) is 0 Å². The number of halogens is 7. The van der Waals surface area contributed by atoms with E-state index in [2.05, 4.69) is 20.6 Å². The summed E-state index contributed by atoms with van der Waals surface area (Å²) in [6.07, 6.45) is -12.3. The number of hydrogen-bond donors (Lipinski definition) is 4. The maximum atomic E-state index is 13.8. The molecule has 4 N–H and O–H groups in total. The van der Waals surface area contributed by atoms with Crippen molar-refractivity contribution in [3.8, 4) is 10.4 Å². The molecule has 1 saturated heterocycles. The van der Waals surface area contributed by atoms with E-state index < -0.39 is 60.6 Å². The van der Waals surface area contributed by atoms with Gasteiger partial charge in [0.1, 0.15) is 17.7 Å². The van der Waals surface area contributed by atoms with Crippen molar-refractivity contribution in [2.45, 2.75) is 63.5 Å². The monoisotopic (exact) mass is 587 g/mol. The summed E-state index contributed by atoms with van der Waals surface area (Å²) in [4.78, 5) is 22.0. The number of alkyl halides is 7. The second kappa shape index (κ2) is 11.9. The molecule has 1 atom stereocenters. The lowest BCUT2D eigenvalue weighted by Gasteiger charge is -2.32. The van der Waals surface area contributed by atoms with E-state index in [1.54, 1.807) is 0 Å². The van der Waals surface area contributed by atoms with Gasteiger partial charge >= 0.3 is 12.4 Å². The van der Waals surface area contributed by atoms with Gasteiger partial charge in [-0.2, -0.15) is 26.3 Å². The van der Waals surface area contributed by atoms with Crippen molar-refractivity contribution in [1.82, 2.24) is 20.2 Å². The number of nitrogens with zero attached hydrogens (tertiary/aromatic N) is 3. The molecule has 0 bridgehead atoms. The van der Waals surface area contributed by atoms with Gasteiger partial charge in [0.15, 0.2) is 11.2 Å². The van der Waals surface area contributed by atoms with E-state index in [4.69, 9.17) is 0 Å². The molecule has 0 spiro atoms. The van der Waals surface area contributed by atoms with Crippen LogP contribution in [0.2, 0.25) is 0 Å². The first-order valence-corrected chi connectivity index (χ1v) is 12.7. The van der Waals surface area contributed by atoms with Crippen LogP contribution < -0.4 is 10.6 Å². The number of anilines is 1. The lowest BCUT2D eigenvalue weighted by atomic mass is 10.1. The van der Waals surface area contributed by atoms with Crippen LogP contribution in [0.4, 0.5) is 36.6 Å². The molecule has 0 aromatic carbocycles. The summed E-state index contributed by atoms with van der Waals surface area (Å²) in [5.41, 5.74) is -2.95. The first-order valence-electron chi connectivity index (χ1n) is 11.9. The Bertz CT molecular complexity index is 1140. The Balaban J connectivity index is 2.01. The standard InChI is InChI=1S/C23H28F7N5O3S/c1-21(2,38)11-33-18(36)19-34-15(20(37)35-7-3-13(24)4-8-35)16(39-19)12-9-14(23(28,29)30)17(32-10-12)31-6-5-22(25,26)27/h9-10,13,20,37-38H,3-8,11H2,1-2H3,(H,31,32)(H,33,36). The number of nitrogens with one attached hydrogen (secondary N) is 2. The number of aliphatic hydroxyl groups is 2. The number of rotatable bonds is 9. The van der Waals surface area contributed by atoms with E-state index in [0.717, 1.165) is 6.20 Å². The van der Waals surface area contributed by atoms with Crippen LogP contribution in [0.3, 0.4) is 0 Å². The SMILES string of the molecule is CC(C)(O)CNC(=O)c1nc(C(O)N2CCC(F)CC2)c(-c2cnc(NCCC(F)(F)F)c(C(F)(F)F)c2)s1. The topological polar surface area (TPSA) is 111 Å². The summed E-state index contributed by atoms with van der Waals surface area (Å²) in [6, 6.07) is 0.652. The van der Waals surface area contributed by atoms with Crippen LogP contribution in [0.1, 0.15) is 60.4 Å².